The highest BCUT2D eigenvalue weighted by Crippen LogP contribution is 2.04. The van der Waals surface area contributed by atoms with Crippen LogP contribution >= 0.6 is 0 Å². The fraction of sp³-hybridized carbons (Fsp3) is 0.833. The van der Waals surface area contributed by atoms with Gasteiger partial charge >= 0.3 is 0 Å². The van der Waals surface area contributed by atoms with Crippen LogP contribution in [0.5, 0.6) is 0 Å². The van der Waals surface area contributed by atoms with Gasteiger partial charge in [-0.3, -0.25) is 9.63 Å². The molecule has 1 amide bonds. The monoisotopic (exact) mass is 129 g/mol. The molecule has 0 aromatic carbocycles. The minimum atomic E-state index is 0.00898. The third-order valence-electron chi connectivity index (χ3n) is 1.35. The second kappa shape index (κ2) is 2.82. The Labute approximate surface area is 54.5 Å². The van der Waals surface area contributed by atoms with E-state index in [1.54, 1.807) is 0 Å². The van der Waals surface area contributed by atoms with E-state index in [0.717, 1.165) is 19.4 Å². The van der Waals surface area contributed by atoms with Crippen LogP contribution in [-0.4, -0.2) is 24.1 Å². The molecule has 9 heavy (non-hydrogen) atoms. The Balaban J connectivity index is 2.31. The van der Waals surface area contributed by atoms with E-state index >= 15 is 0 Å². The molecular formula is C6H11NO2. The lowest BCUT2D eigenvalue weighted by atomic mass is 10.3. The van der Waals surface area contributed by atoms with Gasteiger partial charge in [0.2, 0.25) is 5.91 Å². The van der Waals surface area contributed by atoms with Gasteiger partial charge in [0.15, 0.2) is 0 Å². The zero-order chi connectivity index (χ0) is 6.69. The summed E-state index contributed by atoms with van der Waals surface area (Å²) in [5.74, 6) is 0.00898. The molecule has 0 bridgehead atoms. The van der Waals surface area contributed by atoms with Gasteiger partial charge in [-0.05, 0) is 12.8 Å². The van der Waals surface area contributed by atoms with Crippen LogP contribution in [0.3, 0.4) is 0 Å². The van der Waals surface area contributed by atoms with Gasteiger partial charge in [-0.25, -0.2) is 5.06 Å². The highest BCUT2D eigenvalue weighted by atomic mass is 16.7. The summed E-state index contributed by atoms with van der Waals surface area (Å²) in [7, 11) is 0. The minimum Gasteiger partial charge on any atom is -0.273 e. The summed E-state index contributed by atoms with van der Waals surface area (Å²) >= 11 is 0. The fourth-order valence-electron chi connectivity index (χ4n) is 0.845. The van der Waals surface area contributed by atoms with Gasteiger partial charge in [0.1, 0.15) is 0 Å². The Bertz CT molecular complexity index is 108. The molecule has 1 saturated heterocycles. The number of rotatable bonds is 0. The molecular weight excluding hydrogens is 118 g/mol. The van der Waals surface area contributed by atoms with Crippen molar-refractivity contribution in [2.75, 3.05) is 13.2 Å². The number of hydrogen-bond acceptors (Lipinski definition) is 2. The summed E-state index contributed by atoms with van der Waals surface area (Å²) in [5, 5.41) is 1.42. The molecule has 3 heteroatoms. The lowest BCUT2D eigenvalue weighted by molar-refractivity contribution is -0.194. The van der Waals surface area contributed by atoms with Crippen molar-refractivity contribution in [3.05, 3.63) is 0 Å². The van der Waals surface area contributed by atoms with Crippen LogP contribution < -0.4 is 0 Å². The molecule has 1 aliphatic heterocycles. The van der Waals surface area contributed by atoms with Crippen LogP contribution in [0.2, 0.25) is 0 Å². The second-order valence-corrected chi connectivity index (χ2v) is 2.16. The first-order chi connectivity index (χ1) is 4.30. The normalized spacial score (nSPS) is 19.9. The van der Waals surface area contributed by atoms with E-state index < -0.39 is 0 Å². The molecule has 0 saturated carbocycles. The van der Waals surface area contributed by atoms with Crippen LogP contribution in [-0.2, 0) is 9.63 Å². The highest BCUT2D eigenvalue weighted by molar-refractivity contribution is 5.71. The van der Waals surface area contributed by atoms with E-state index in [1.165, 1.54) is 12.0 Å². The van der Waals surface area contributed by atoms with Crippen molar-refractivity contribution in [3.8, 4) is 0 Å². The quantitative estimate of drug-likeness (QED) is 0.478. The van der Waals surface area contributed by atoms with Gasteiger partial charge in [0.25, 0.3) is 0 Å². The Morgan fingerprint density at radius 3 is 2.67 bits per heavy atom. The molecule has 0 aromatic heterocycles. The van der Waals surface area contributed by atoms with Gasteiger partial charge in [-0.1, -0.05) is 0 Å². The summed E-state index contributed by atoms with van der Waals surface area (Å²) < 4.78 is 0. The molecule has 52 valence electrons. The van der Waals surface area contributed by atoms with Crippen LogP contribution in [0, 0.1) is 0 Å². The Morgan fingerprint density at radius 2 is 2.33 bits per heavy atom. The van der Waals surface area contributed by atoms with E-state index in [-0.39, 0.29) is 5.91 Å². The lowest BCUT2D eigenvalue weighted by Gasteiger charge is -2.24. The van der Waals surface area contributed by atoms with Crippen molar-refractivity contribution < 1.29 is 9.63 Å². The second-order valence-electron chi connectivity index (χ2n) is 2.16. The number of amides is 1. The molecule has 0 radical (unpaired) electrons. The molecule has 1 rings (SSSR count). The molecule has 3 nitrogen and oxygen atoms in total. The summed E-state index contributed by atoms with van der Waals surface area (Å²) in [6.45, 7) is 2.97. The van der Waals surface area contributed by atoms with Crippen LogP contribution in [0.25, 0.3) is 0 Å². The topological polar surface area (TPSA) is 29.5 Å². The molecule has 0 aliphatic carbocycles. The van der Waals surface area contributed by atoms with Crippen molar-refractivity contribution in [1.82, 2.24) is 5.06 Å². The fourth-order valence-corrected chi connectivity index (χ4v) is 0.845. The Kier molecular flexibility index (Phi) is 2.05. The Hall–Kier alpha value is -0.570. The maximum atomic E-state index is 10.6. The average molecular weight is 129 g/mol. The van der Waals surface area contributed by atoms with E-state index in [2.05, 4.69) is 0 Å². The van der Waals surface area contributed by atoms with Crippen molar-refractivity contribution in [2.45, 2.75) is 19.8 Å². The maximum Gasteiger partial charge on any atom is 0.242 e. The van der Waals surface area contributed by atoms with Crippen LogP contribution in [0.4, 0.5) is 0 Å². The first-order valence-electron chi connectivity index (χ1n) is 3.22. The van der Waals surface area contributed by atoms with Gasteiger partial charge in [0, 0.05) is 13.5 Å². The predicted molar refractivity (Wildman–Crippen MR) is 32.6 cm³/mol. The van der Waals surface area contributed by atoms with Crippen LogP contribution in [0.15, 0.2) is 0 Å². The molecule has 0 spiro atoms. The van der Waals surface area contributed by atoms with Gasteiger partial charge < -0.3 is 0 Å². The number of carbonyl (C=O) groups excluding carboxylic acids is 1. The number of carbonyl (C=O) groups is 1. The third-order valence-corrected chi connectivity index (χ3v) is 1.35. The smallest absolute Gasteiger partial charge is 0.242 e. The zero-order valence-electron chi connectivity index (χ0n) is 5.59. The zero-order valence-corrected chi connectivity index (χ0v) is 5.59. The molecule has 1 fully saturated rings. The van der Waals surface area contributed by atoms with Gasteiger partial charge in [-0.2, -0.15) is 0 Å². The van der Waals surface area contributed by atoms with Crippen molar-refractivity contribution in [1.29, 1.82) is 0 Å². The first kappa shape index (κ1) is 6.55. The number of hydrogen-bond donors (Lipinski definition) is 0. The van der Waals surface area contributed by atoms with E-state index in [4.69, 9.17) is 4.84 Å². The average Bonchev–Trinajstić information content (AvgIpc) is 1.90. The van der Waals surface area contributed by atoms with Crippen LogP contribution in [0.1, 0.15) is 19.8 Å². The lowest BCUT2D eigenvalue weighted by Crippen LogP contribution is -2.33. The summed E-state index contributed by atoms with van der Waals surface area (Å²) in [5.41, 5.74) is 0. The van der Waals surface area contributed by atoms with Crippen molar-refractivity contribution in [3.63, 3.8) is 0 Å². The molecule has 1 aliphatic rings. The van der Waals surface area contributed by atoms with E-state index in [0.29, 0.717) is 6.61 Å². The molecule has 0 atom stereocenters. The van der Waals surface area contributed by atoms with Crippen molar-refractivity contribution in [2.24, 2.45) is 0 Å². The molecule has 0 aromatic rings. The number of nitrogens with zero attached hydrogens (tertiary/aromatic N) is 1. The largest absolute Gasteiger partial charge is 0.273 e. The summed E-state index contributed by atoms with van der Waals surface area (Å²) in [6, 6.07) is 0. The first-order valence-corrected chi connectivity index (χ1v) is 3.22. The predicted octanol–water partition coefficient (Wildman–Crippen LogP) is 0.560. The Morgan fingerprint density at radius 1 is 1.56 bits per heavy atom. The highest BCUT2D eigenvalue weighted by Gasteiger charge is 2.12. The van der Waals surface area contributed by atoms with Gasteiger partial charge in [-0.15, -0.1) is 0 Å². The molecule has 0 unspecified atom stereocenters. The van der Waals surface area contributed by atoms with Gasteiger partial charge in [0.05, 0.1) is 6.61 Å². The summed E-state index contributed by atoms with van der Waals surface area (Å²) in [6.07, 6.45) is 2.14. The molecule has 0 N–H and O–H groups in total. The summed E-state index contributed by atoms with van der Waals surface area (Å²) in [4.78, 5) is 15.6. The van der Waals surface area contributed by atoms with Crippen molar-refractivity contribution >= 4 is 5.91 Å². The number of hydroxylamine groups is 2. The van der Waals surface area contributed by atoms with E-state index in [1.807, 2.05) is 0 Å². The molecule has 1 heterocycles. The van der Waals surface area contributed by atoms with E-state index in [9.17, 15) is 4.79 Å². The minimum absolute atomic E-state index is 0.00898. The third kappa shape index (κ3) is 1.68. The standard InChI is InChI=1S/C6H11NO2/c1-6(8)7-4-2-3-5-9-7/h2-5H2,1H3. The maximum absolute atomic E-state index is 10.6. The SMILES string of the molecule is CC(=O)N1CCCCO1.